The quantitative estimate of drug-likeness (QED) is 0.255. The van der Waals surface area contributed by atoms with Crippen LogP contribution in [0.15, 0.2) is 0 Å². The van der Waals surface area contributed by atoms with Gasteiger partial charge in [0.05, 0.1) is 44.2 Å². The van der Waals surface area contributed by atoms with E-state index in [-0.39, 0.29) is 17.3 Å². The molecule has 7 nitrogen and oxygen atoms in total. The molecule has 0 aliphatic rings. The van der Waals surface area contributed by atoms with Crippen molar-refractivity contribution in [1.82, 2.24) is 0 Å². The largest absolute Gasteiger partial charge is 0.439 e. The van der Waals surface area contributed by atoms with E-state index in [1.807, 2.05) is 27.7 Å². The van der Waals surface area contributed by atoms with Crippen molar-refractivity contribution in [2.45, 2.75) is 57.8 Å². The van der Waals surface area contributed by atoms with E-state index in [4.69, 9.17) is 36.0 Å². The standard InChI is InChI=1S/C18H35NO6/c1-7-22-16(14-20-6)15-21-10-8-17(2,3)23-11-9-18(4,5)24-12-13-25-19/h1,16H,8-15,19H2,2-6H3. The number of hydrogen-bond donors (Lipinski definition) is 1. The van der Waals surface area contributed by atoms with Crippen molar-refractivity contribution in [2.24, 2.45) is 5.90 Å². The lowest BCUT2D eigenvalue weighted by Crippen LogP contribution is -2.33. The number of nitrogens with two attached hydrogens (primary N) is 1. The van der Waals surface area contributed by atoms with Crippen molar-refractivity contribution >= 4 is 0 Å². The minimum absolute atomic E-state index is 0.255. The molecule has 0 aliphatic carbocycles. The molecule has 7 heteroatoms. The van der Waals surface area contributed by atoms with E-state index in [0.29, 0.717) is 39.6 Å². The van der Waals surface area contributed by atoms with Crippen LogP contribution in [0.25, 0.3) is 0 Å². The molecule has 0 aromatic heterocycles. The molecule has 0 saturated carbocycles. The number of ether oxygens (including phenoxy) is 5. The molecule has 0 radical (unpaired) electrons. The summed E-state index contributed by atoms with van der Waals surface area (Å²) in [5.74, 6) is 4.98. The maximum absolute atomic E-state index is 5.97. The molecule has 0 aromatic carbocycles. The van der Waals surface area contributed by atoms with E-state index in [9.17, 15) is 0 Å². The predicted molar refractivity (Wildman–Crippen MR) is 95.8 cm³/mol. The summed E-state index contributed by atoms with van der Waals surface area (Å²) in [6.45, 7) is 10.9. The second kappa shape index (κ2) is 13.3. The molecule has 0 heterocycles. The summed E-state index contributed by atoms with van der Waals surface area (Å²) in [5.41, 5.74) is -0.578. The minimum Gasteiger partial charge on any atom is -0.439 e. The molecule has 0 fully saturated rings. The first-order chi connectivity index (χ1) is 11.8. The van der Waals surface area contributed by atoms with Gasteiger partial charge < -0.3 is 28.5 Å². The molecule has 0 saturated heterocycles. The number of methoxy groups -OCH3 is 1. The van der Waals surface area contributed by atoms with Crippen molar-refractivity contribution in [1.29, 1.82) is 0 Å². The summed E-state index contributed by atoms with van der Waals surface area (Å²) in [5, 5.41) is 0. The number of hydrogen-bond acceptors (Lipinski definition) is 7. The van der Waals surface area contributed by atoms with Gasteiger partial charge in [-0.1, -0.05) is 6.42 Å². The first-order valence-corrected chi connectivity index (χ1v) is 8.54. The normalized spacial score (nSPS) is 13.5. The van der Waals surface area contributed by atoms with Gasteiger partial charge in [-0.15, -0.1) is 0 Å². The lowest BCUT2D eigenvalue weighted by molar-refractivity contribution is -0.0915. The molecule has 2 N–H and O–H groups in total. The van der Waals surface area contributed by atoms with Crippen molar-refractivity contribution < 1.29 is 28.5 Å². The van der Waals surface area contributed by atoms with Gasteiger partial charge in [-0.3, -0.25) is 0 Å². The predicted octanol–water partition coefficient (Wildman–Crippen LogP) is 1.89. The van der Waals surface area contributed by atoms with Crippen molar-refractivity contribution in [3.8, 4) is 12.5 Å². The highest BCUT2D eigenvalue weighted by Crippen LogP contribution is 2.19. The summed E-state index contributed by atoms with van der Waals surface area (Å²) in [6, 6.07) is 0. The molecule has 0 aliphatic heterocycles. The second-order valence-electron chi connectivity index (χ2n) is 6.98. The Morgan fingerprint density at radius 3 is 2.08 bits per heavy atom. The van der Waals surface area contributed by atoms with Gasteiger partial charge >= 0.3 is 0 Å². The van der Waals surface area contributed by atoms with Crippen LogP contribution >= 0.6 is 0 Å². The molecule has 0 rings (SSSR count). The lowest BCUT2D eigenvalue weighted by Gasteiger charge is -2.29. The van der Waals surface area contributed by atoms with Gasteiger partial charge in [-0.05, 0) is 40.5 Å². The summed E-state index contributed by atoms with van der Waals surface area (Å²) < 4.78 is 27.4. The summed E-state index contributed by atoms with van der Waals surface area (Å²) in [7, 11) is 1.60. The average molecular weight is 361 g/mol. The molecule has 0 spiro atoms. The van der Waals surface area contributed by atoms with Crippen molar-refractivity contribution in [3.05, 3.63) is 0 Å². The SMILES string of the molecule is C#COC(COC)COCCC(C)(C)OCCC(C)(C)OCCON. The Hall–Kier alpha value is -0.880. The van der Waals surface area contributed by atoms with Crippen LogP contribution in [0.5, 0.6) is 0 Å². The molecule has 0 bridgehead atoms. The van der Waals surface area contributed by atoms with Crippen LogP contribution in [0.4, 0.5) is 0 Å². The fourth-order valence-corrected chi connectivity index (χ4v) is 2.01. The van der Waals surface area contributed by atoms with Crippen LogP contribution in [-0.4, -0.2) is 64.1 Å². The fourth-order valence-electron chi connectivity index (χ4n) is 2.01. The van der Waals surface area contributed by atoms with E-state index in [1.54, 1.807) is 7.11 Å². The van der Waals surface area contributed by atoms with Crippen LogP contribution in [0.1, 0.15) is 40.5 Å². The maximum Gasteiger partial charge on any atom is 0.157 e. The molecule has 1 atom stereocenters. The van der Waals surface area contributed by atoms with E-state index in [0.717, 1.165) is 12.8 Å². The van der Waals surface area contributed by atoms with E-state index >= 15 is 0 Å². The zero-order valence-corrected chi connectivity index (χ0v) is 16.3. The third kappa shape index (κ3) is 14.0. The topological polar surface area (TPSA) is 81.4 Å². The molecule has 25 heavy (non-hydrogen) atoms. The van der Waals surface area contributed by atoms with Crippen LogP contribution in [0.3, 0.4) is 0 Å². The molecule has 1 unspecified atom stereocenters. The van der Waals surface area contributed by atoms with Gasteiger partial charge in [0, 0.05) is 13.7 Å². The first kappa shape index (κ1) is 24.1. The van der Waals surface area contributed by atoms with Gasteiger partial charge in [-0.25, -0.2) is 5.90 Å². The minimum atomic E-state index is -0.291. The van der Waals surface area contributed by atoms with Gasteiger partial charge in [-0.2, -0.15) is 0 Å². The molecule has 0 amide bonds. The monoisotopic (exact) mass is 361 g/mol. The Morgan fingerprint density at radius 1 is 0.920 bits per heavy atom. The van der Waals surface area contributed by atoms with Gasteiger partial charge in [0.1, 0.15) is 6.11 Å². The maximum atomic E-state index is 5.97. The summed E-state index contributed by atoms with van der Waals surface area (Å²) in [4.78, 5) is 4.50. The van der Waals surface area contributed by atoms with E-state index in [1.165, 1.54) is 0 Å². The Bertz CT molecular complexity index is 367. The third-order valence-electron chi connectivity index (χ3n) is 3.63. The van der Waals surface area contributed by atoms with Gasteiger partial charge in [0.2, 0.25) is 0 Å². The zero-order chi connectivity index (χ0) is 19.2. The number of terminal acetylenes is 1. The molecule has 148 valence electrons. The van der Waals surface area contributed by atoms with Crippen molar-refractivity contribution in [2.75, 3.05) is 46.8 Å². The molecular formula is C18H35NO6. The molecular weight excluding hydrogens is 326 g/mol. The Morgan fingerprint density at radius 2 is 1.52 bits per heavy atom. The molecule has 0 aromatic rings. The highest BCUT2D eigenvalue weighted by molar-refractivity contribution is 4.74. The zero-order valence-electron chi connectivity index (χ0n) is 16.3. The van der Waals surface area contributed by atoms with Crippen LogP contribution in [-0.2, 0) is 28.5 Å². The highest BCUT2D eigenvalue weighted by Gasteiger charge is 2.23. The smallest absolute Gasteiger partial charge is 0.157 e. The number of rotatable bonds is 16. The second-order valence-corrected chi connectivity index (χ2v) is 6.98. The summed E-state index contributed by atoms with van der Waals surface area (Å²) in [6.07, 6.45) is 8.56. The Labute approximate surface area is 152 Å². The average Bonchev–Trinajstić information content (AvgIpc) is 2.51. The summed E-state index contributed by atoms with van der Waals surface area (Å²) >= 11 is 0. The van der Waals surface area contributed by atoms with E-state index < -0.39 is 0 Å². The van der Waals surface area contributed by atoms with Crippen LogP contribution < -0.4 is 5.90 Å². The van der Waals surface area contributed by atoms with Crippen molar-refractivity contribution in [3.63, 3.8) is 0 Å². The Balaban J connectivity index is 3.95. The fraction of sp³-hybridized carbons (Fsp3) is 0.889. The Kier molecular flexibility index (Phi) is 12.9. The first-order valence-electron chi connectivity index (χ1n) is 8.54. The van der Waals surface area contributed by atoms with Gasteiger partial charge in [0.15, 0.2) is 6.10 Å². The highest BCUT2D eigenvalue weighted by atomic mass is 16.6. The van der Waals surface area contributed by atoms with Crippen LogP contribution in [0.2, 0.25) is 0 Å². The third-order valence-corrected chi connectivity index (χ3v) is 3.63. The lowest BCUT2D eigenvalue weighted by atomic mass is 10.0. The van der Waals surface area contributed by atoms with Crippen LogP contribution in [0, 0.1) is 12.5 Å². The van der Waals surface area contributed by atoms with Gasteiger partial charge in [0.25, 0.3) is 0 Å². The van der Waals surface area contributed by atoms with E-state index in [2.05, 4.69) is 10.9 Å².